The van der Waals surface area contributed by atoms with E-state index in [1.54, 1.807) is 11.1 Å². The van der Waals surface area contributed by atoms with E-state index in [9.17, 15) is 0 Å². The van der Waals surface area contributed by atoms with Crippen LogP contribution in [-0.2, 0) is 5.41 Å². The van der Waals surface area contributed by atoms with Gasteiger partial charge in [-0.2, -0.15) is 0 Å². The average molecular weight is 163 g/mol. The molecule has 66 valence electrons. The van der Waals surface area contributed by atoms with Crippen LogP contribution in [0, 0.1) is 13.8 Å². The van der Waals surface area contributed by atoms with E-state index in [4.69, 9.17) is 0 Å². The largest absolute Gasteiger partial charge is 0.344 e. The molecule has 12 heavy (non-hydrogen) atoms. The Kier molecular flexibility index (Phi) is 1.80. The topological polar surface area (TPSA) is 35.0 Å². The molecule has 0 fully saturated rings. The van der Waals surface area contributed by atoms with Crippen LogP contribution in [0.4, 0.5) is 0 Å². The van der Waals surface area contributed by atoms with Gasteiger partial charge in [0.15, 0.2) is 0 Å². The van der Waals surface area contributed by atoms with Crippen molar-refractivity contribution < 1.29 is 0 Å². The fourth-order valence-electron chi connectivity index (χ4n) is 1.99. The predicted octanol–water partition coefficient (Wildman–Crippen LogP) is 3.10. The summed E-state index contributed by atoms with van der Waals surface area (Å²) >= 11 is 0. The molecule has 1 aliphatic rings. The minimum Gasteiger partial charge on any atom is -0.344 e. The summed E-state index contributed by atoms with van der Waals surface area (Å²) in [5.74, 6) is 0. The summed E-state index contributed by atoms with van der Waals surface area (Å²) in [6.07, 6.45) is 0. The van der Waals surface area contributed by atoms with Gasteiger partial charge in [-0.15, -0.1) is 0 Å². The number of hydrogen-bond acceptors (Lipinski definition) is 1. The highest BCUT2D eigenvalue weighted by Gasteiger charge is 2.42. The van der Waals surface area contributed by atoms with Crippen molar-refractivity contribution >= 4 is 0 Å². The molecule has 0 amide bonds. The van der Waals surface area contributed by atoms with Crippen molar-refractivity contribution in [3.05, 3.63) is 34.4 Å². The van der Waals surface area contributed by atoms with E-state index in [0.717, 1.165) is 0 Å². The van der Waals surface area contributed by atoms with Gasteiger partial charge in [-0.25, -0.2) is 0 Å². The van der Waals surface area contributed by atoms with Crippen LogP contribution in [0.1, 0.15) is 36.1 Å². The SMILES string of the molecule is Cc1ccc2c(c1C)C2(C)C.N. The Morgan fingerprint density at radius 2 is 1.67 bits per heavy atom. The Labute approximate surface area is 74.4 Å². The molecular formula is C11H17N. The van der Waals surface area contributed by atoms with Crippen molar-refractivity contribution in [1.82, 2.24) is 6.15 Å². The highest BCUT2D eigenvalue weighted by atomic mass is 14.5. The second-order valence-electron chi connectivity index (χ2n) is 4.06. The van der Waals surface area contributed by atoms with Crippen LogP contribution in [0.5, 0.6) is 0 Å². The van der Waals surface area contributed by atoms with Crippen molar-refractivity contribution in [2.75, 3.05) is 0 Å². The van der Waals surface area contributed by atoms with Crippen molar-refractivity contribution in [3.63, 3.8) is 0 Å². The second-order valence-corrected chi connectivity index (χ2v) is 4.06. The van der Waals surface area contributed by atoms with Crippen molar-refractivity contribution in [1.29, 1.82) is 0 Å². The van der Waals surface area contributed by atoms with Gasteiger partial charge in [0.2, 0.25) is 0 Å². The molecule has 3 N–H and O–H groups in total. The lowest BCUT2D eigenvalue weighted by atomic mass is 10.1. The van der Waals surface area contributed by atoms with Gasteiger partial charge in [0.25, 0.3) is 0 Å². The first kappa shape index (κ1) is 9.27. The van der Waals surface area contributed by atoms with Gasteiger partial charge >= 0.3 is 0 Å². The van der Waals surface area contributed by atoms with Crippen LogP contribution in [0.15, 0.2) is 12.1 Å². The third kappa shape index (κ3) is 0.896. The minimum atomic E-state index is 0. The van der Waals surface area contributed by atoms with E-state index in [0.29, 0.717) is 5.41 Å². The maximum absolute atomic E-state index is 2.30. The molecule has 1 aliphatic carbocycles. The molecule has 2 rings (SSSR count). The maximum Gasteiger partial charge on any atom is 0.0155 e. The third-order valence-electron chi connectivity index (χ3n) is 2.97. The van der Waals surface area contributed by atoms with Crippen LogP contribution in [0.25, 0.3) is 0 Å². The molecule has 0 bridgehead atoms. The first-order chi connectivity index (χ1) is 5.05. The van der Waals surface area contributed by atoms with E-state index in [-0.39, 0.29) is 6.15 Å². The van der Waals surface area contributed by atoms with Crippen molar-refractivity contribution in [3.8, 4) is 0 Å². The molecule has 0 heterocycles. The van der Waals surface area contributed by atoms with Crippen LogP contribution in [-0.4, -0.2) is 0 Å². The smallest absolute Gasteiger partial charge is 0.0155 e. The van der Waals surface area contributed by atoms with Crippen molar-refractivity contribution in [2.45, 2.75) is 33.1 Å². The maximum atomic E-state index is 2.30. The quantitative estimate of drug-likeness (QED) is 0.626. The molecule has 0 spiro atoms. The first-order valence-corrected chi connectivity index (χ1v) is 4.16. The van der Waals surface area contributed by atoms with Gasteiger partial charge in [0.1, 0.15) is 0 Å². The van der Waals surface area contributed by atoms with E-state index in [2.05, 4.69) is 39.8 Å². The molecule has 0 atom stereocenters. The standard InChI is InChI=1S/C11H14.H3N/c1-7-5-6-9-10(8(7)2)11(9,3)4;/h5-6H,1-4H3;1H3. The molecule has 1 heteroatoms. The molecule has 0 aliphatic heterocycles. The van der Waals surface area contributed by atoms with E-state index in [1.807, 2.05) is 0 Å². The monoisotopic (exact) mass is 163 g/mol. The van der Waals surface area contributed by atoms with Crippen LogP contribution >= 0.6 is 0 Å². The summed E-state index contributed by atoms with van der Waals surface area (Å²) in [5.41, 5.74) is 6.43. The fourth-order valence-corrected chi connectivity index (χ4v) is 1.99. The highest BCUT2D eigenvalue weighted by Crippen LogP contribution is 2.51. The number of benzene rings is 1. The van der Waals surface area contributed by atoms with Crippen molar-refractivity contribution in [2.24, 2.45) is 0 Å². The number of hydrogen-bond donors (Lipinski definition) is 1. The lowest BCUT2D eigenvalue weighted by Gasteiger charge is -1.98. The molecule has 1 nitrogen and oxygen atoms in total. The lowest BCUT2D eigenvalue weighted by molar-refractivity contribution is 0.789. The molecule has 0 radical (unpaired) electrons. The Morgan fingerprint density at radius 1 is 1.08 bits per heavy atom. The molecule has 1 aromatic rings. The Balaban J connectivity index is 0.000000720. The van der Waals surface area contributed by atoms with E-state index >= 15 is 0 Å². The Hall–Kier alpha value is -0.820. The minimum absolute atomic E-state index is 0. The van der Waals surface area contributed by atoms with Gasteiger partial charge in [0.05, 0.1) is 0 Å². The van der Waals surface area contributed by atoms with Gasteiger partial charge in [0, 0.05) is 5.41 Å². The first-order valence-electron chi connectivity index (χ1n) is 4.16. The van der Waals surface area contributed by atoms with Crippen LogP contribution in [0.3, 0.4) is 0 Å². The molecular weight excluding hydrogens is 146 g/mol. The lowest BCUT2D eigenvalue weighted by Crippen LogP contribution is -1.91. The summed E-state index contributed by atoms with van der Waals surface area (Å²) in [6.45, 7) is 9.00. The molecule has 0 aromatic heterocycles. The van der Waals surface area contributed by atoms with Gasteiger partial charge < -0.3 is 6.15 Å². The Bertz CT molecular complexity index is 324. The van der Waals surface area contributed by atoms with Crippen LogP contribution in [0.2, 0.25) is 0 Å². The van der Waals surface area contributed by atoms with Gasteiger partial charge in [-0.05, 0) is 36.1 Å². The average Bonchev–Trinajstić information content (AvgIpc) is 2.46. The summed E-state index contributed by atoms with van der Waals surface area (Å²) in [5, 5.41) is 0. The summed E-state index contributed by atoms with van der Waals surface area (Å²) < 4.78 is 0. The van der Waals surface area contributed by atoms with Gasteiger partial charge in [-0.3, -0.25) is 0 Å². The highest BCUT2D eigenvalue weighted by molar-refractivity contribution is 5.63. The zero-order valence-electron chi connectivity index (χ0n) is 8.36. The summed E-state index contributed by atoms with van der Waals surface area (Å²) in [6, 6.07) is 4.49. The van der Waals surface area contributed by atoms with Crippen LogP contribution < -0.4 is 6.15 Å². The molecule has 0 unspecified atom stereocenters. The molecule has 0 saturated heterocycles. The number of rotatable bonds is 0. The predicted molar refractivity (Wildman–Crippen MR) is 53.1 cm³/mol. The Morgan fingerprint density at radius 3 is 2.17 bits per heavy atom. The fraction of sp³-hybridized carbons (Fsp3) is 0.455. The number of fused-ring (bicyclic) bond motifs is 1. The second kappa shape index (κ2) is 2.33. The van der Waals surface area contributed by atoms with Gasteiger partial charge in [-0.1, -0.05) is 26.0 Å². The zero-order chi connectivity index (χ0) is 8.22. The number of aryl methyl sites for hydroxylation is 1. The molecule has 0 saturated carbocycles. The zero-order valence-corrected chi connectivity index (χ0v) is 8.36. The normalized spacial score (nSPS) is 16.3. The van der Waals surface area contributed by atoms with E-state index < -0.39 is 0 Å². The summed E-state index contributed by atoms with van der Waals surface area (Å²) in [4.78, 5) is 0. The van der Waals surface area contributed by atoms with E-state index in [1.165, 1.54) is 11.1 Å². The third-order valence-corrected chi connectivity index (χ3v) is 2.97. The summed E-state index contributed by atoms with van der Waals surface area (Å²) in [7, 11) is 0. The molecule has 1 aromatic carbocycles.